The first kappa shape index (κ1) is 22.0. The number of nitrogens with zero attached hydrogens (tertiary/aromatic N) is 4. The number of ether oxygens (including phenoxy) is 2. The highest BCUT2D eigenvalue weighted by molar-refractivity contribution is 5.79. The Balaban J connectivity index is 1.51. The lowest BCUT2D eigenvalue weighted by Crippen LogP contribution is -2.37. The molecule has 0 spiro atoms. The molecule has 0 unspecified atom stereocenters. The lowest BCUT2D eigenvalue weighted by molar-refractivity contribution is -0.0390. The molecular formula is C22H32N6O2. The van der Waals surface area contributed by atoms with Gasteiger partial charge in [0.15, 0.2) is 11.8 Å². The van der Waals surface area contributed by atoms with Crippen molar-refractivity contribution >= 4 is 5.96 Å². The Bertz CT molecular complexity index is 825. The van der Waals surface area contributed by atoms with E-state index in [-0.39, 0.29) is 0 Å². The fourth-order valence-corrected chi connectivity index (χ4v) is 3.08. The molecule has 1 saturated heterocycles. The van der Waals surface area contributed by atoms with Crippen molar-refractivity contribution in [2.45, 2.75) is 45.6 Å². The van der Waals surface area contributed by atoms with Gasteiger partial charge in [0.05, 0.1) is 25.8 Å². The van der Waals surface area contributed by atoms with E-state index in [0.29, 0.717) is 38.3 Å². The number of hydrogen-bond donors (Lipinski definition) is 2. The number of guanidine groups is 1. The molecule has 2 N–H and O–H groups in total. The first-order chi connectivity index (χ1) is 14.7. The summed E-state index contributed by atoms with van der Waals surface area (Å²) in [5.74, 6) is 2.45. The molecule has 0 aliphatic carbocycles. The summed E-state index contributed by atoms with van der Waals surface area (Å²) in [7, 11) is 1.95. The van der Waals surface area contributed by atoms with Gasteiger partial charge in [0.2, 0.25) is 0 Å². The van der Waals surface area contributed by atoms with Gasteiger partial charge in [-0.2, -0.15) is 0 Å². The molecule has 162 valence electrons. The van der Waals surface area contributed by atoms with Crippen LogP contribution in [0, 0.1) is 6.92 Å². The van der Waals surface area contributed by atoms with Crippen LogP contribution in [0.3, 0.4) is 0 Å². The number of nitrogens with one attached hydrogen (secondary N) is 2. The maximum atomic E-state index is 5.99. The van der Waals surface area contributed by atoms with Crippen molar-refractivity contribution in [2.75, 3.05) is 19.8 Å². The number of rotatable bonds is 9. The smallest absolute Gasteiger partial charge is 0.192 e. The van der Waals surface area contributed by atoms with Crippen molar-refractivity contribution in [1.82, 2.24) is 25.4 Å². The molecule has 3 rings (SSSR count). The van der Waals surface area contributed by atoms with Crippen LogP contribution >= 0.6 is 0 Å². The minimum Gasteiger partial charge on any atom is -0.381 e. The highest BCUT2D eigenvalue weighted by atomic mass is 16.5. The summed E-state index contributed by atoms with van der Waals surface area (Å²) in [4.78, 5) is 4.68. The Morgan fingerprint density at radius 3 is 2.63 bits per heavy atom. The molecule has 0 saturated carbocycles. The van der Waals surface area contributed by atoms with E-state index < -0.39 is 0 Å². The van der Waals surface area contributed by atoms with Crippen molar-refractivity contribution in [3.05, 3.63) is 59.7 Å². The second-order valence-corrected chi connectivity index (χ2v) is 7.35. The van der Waals surface area contributed by atoms with Gasteiger partial charge in [-0.15, -0.1) is 16.8 Å². The van der Waals surface area contributed by atoms with Crippen LogP contribution in [0.5, 0.6) is 0 Å². The maximum absolute atomic E-state index is 5.99. The SMILES string of the molecule is C=CCNC(=NCc1ccc(COC2CCOCC2)cc1)NCc1nnc(C)n1C. The fraction of sp³-hybridized carbons (Fsp3) is 0.500. The standard InChI is InChI=1S/C22H32N6O2/c1-4-11-23-22(25-15-21-27-26-17(2)28(21)3)24-14-18-5-7-19(8-6-18)16-30-20-9-12-29-13-10-20/h4-8,20H,1,9-16H2,2-3H3,(H2,23,24,25). The molecule has 1 aliphatic rings. The average molecular weight is 413 g/mol. The minimum atomic E-state index is 0.310. The molecule has 0 radical (unpaired) electrons. The molecule has 8 nitrogen and oxygen atoms in total. The number of aliphatic imine (C=N–C) groups is 1. The highest BCUT2D eigenvalue weighted by Gasteiger charge is 2.14. The molecular weight excluding hydrogens is 380 g/mol. The van der Waals surface area contributed by atoms with Gasteiger partial charge in [-0.05, 0) is 30.9 Å². The van der Waals surface area contributed by atoms with E-state index in [1.54, 1.807) is 6.08 Å². The summed E-state index contributed by atoms with van der Waals surface area (Å²) in [6, 6.07) is 8.42. The van der Waals surface area contributed by atoms with E-state index in [2.05, 4.69) is 56.7 Å². The van der Waals surface area contributed by atoms with E-state index in [9.17, 15) is 0 Å². The number of benzene rings is 1. The first-order valence-electron chi connectivity index (χ1n) is 10.4. The number of hydrogen-bond acceptors (Lipinski definition) is 5. The van der Waals surface area contributed by atoms with E-state index in [1.807, 2.05) is 18.5 Å². The summed E-state index contributed by atoms with van der Waals surface area (Å²) in [5, 5.41) is 14.8. The topological polar surface area (TPSA) is 85.6 Å². The number of aromatic nitrogens is 3. The van der Waals surface area contributed by atoms with Crippen molar-refractivity contribution in [3.63, 3.8) is 0 Å². The molecule has 8 heteroatoms. The Hall–Kier alpha value is -2.71. The van der Waals surface area contributed by atoms with Gasteiger partial charge < -0.3 is 24.7 Å². The van der Waals surface area contributed by atoms with Crippen LogP contribution in [0.1, 0.15) is 35.6 Å². The molecule has 2 heterocycles. The van der Waals surface area contributed by atoms with Crippen LogP contribution in [-0.4, -0.2) is 46.6 Å². The molecule has 1 aromatic heterocycles. The van der Waals surface area contributed by atoms with Crippen molar-refractivity contribution in [3.8, 4) is 0 Å². The summed E-state index contributed by atoms with van der Waals surface area (Å²) in [6.45, 7) is 9.68. The van der Waals surface area contributed by atoms with Crippen LogP contribution in [0.2, 0.25) is 0 Å². The van der Waals surface area contributed by atoms with E-state index in [1.165, 1.54) is 5.56 Å². The zero-order valence-electron chi connectivity index (χ0n) is 17.9. The van der Waals surface area contributed by atoms with Gasteiger partial charge in [0.1, 0.15) is 5.82 Å². The van der Waals surface area contributed by atoms with Gasteiger partial charge in [-0.1, -0.05) is 30.3 Å². The van der Waals surface area contributed by atoms with Gasteiger partial charge in [0, 0.05) is 26.8 Å². The largest absolute Gasteiger partial charge is 0.381 e. The molecule has 0 bridgehead atoms. The molecule has 1 aliphatic heterocycles. The van der Waals surface area contributed by atoms with E-state index >= 15 is 0 Å². The second kappa shape index (κ2) is 11.5. The van der Waals surface area contributed by atoms with Crippen molar-refractivity contribution in [2.24, 2.45) is 12.0 Å². The summed E-state index contributed by atoms with van der Waals surface area (Å²) < 4.78 is 13.3. The third kappa shape index (κ3) is 6.67. The monoisotopic (exact) mass is 412 g/mol. The molecule has 1 fully saturated rings. The van der Waals surface area contributed by atoms with Crippen molar-refractivity contribution < 1.29 is 9.47 Å². The molecule has 30 heavy (non-hydrogen) atoms. The van der Waals surface area contributed by atoms with Crippen LogP contribution in [0.4, 0.5) is 0 Å². The maximum Gasteiger partial charge on any atom is 0.192 e. The summed E-state index contributed by atoms with van der Waals surface area (Å²) in [6.07, 6.45) is 4.07. The Morgan fingerprint density at radius 1 is 1.23 bits per heavy atom. The van der Waals surface area contributed by atoms with Gasteiger partial charge >= 0.3 is 0 Å². The second-order valence-electron chi connectivity index (χ2n) is 7.35. The Morgan fingerprint density at radius 2 is 1.97 bits per heavy atom. The molecule has 0 atom stereocenters. The predicted octanol–water partition coefficient (Wildman–Crippen LogP) is 2.24. The van der Waals surface area contributed by atoms with Gasteiger partial charge in [-0.3, -0.25) is 0 Å². The van der Waals surface area contributed by atoms with Gasteiger partial charge in [0.25, 0.3) is 0 Å². The molecule has 0 amide bonds. The van der Waals surface area contributed by atoms with Crippen molar-refractivity contribution in [1.29, 1.82) is 0 Å². The average Bonchev–Trinajstić information content (AvgIpc) is 3.11. The minimum absolute atomic E-state index is 0.310. The third-order valence-corrected chi connectivity index (χ3v) is 5.11. The third-order valence-electron chi connectivity index (χ3n) is 5.11. The summed E-state index contributed by atoms with van der Waals surface area (Å²) >= 11 is 0. The molecule has 2 aromatic rings. The van der Waals surface area contributed by atoms with E-state index in [0.717, 1.165) is 43.3 Å². The normalized spacial score (nSPS) is 15.2. The lowest BCUT2D eigenvalue weighted by Gasteiger charge is -2.22. The predicted molar refractivity (Wildman–Crippen MR) is 117 cm³/mol. The zero-order chi connectivity index (χ0) is 21.2. The lowest BCUT2D eigenvalue weighted by atomic mass is 10.1. The van der Waals surface area contributed by atoms with Crippen LogP contribution < -0.4 is 10.6 Å². The Labute approximate surface area is 178 Å². The fourth-order valence-electron chi connectivity index (χ4n) is 3.08. The van der Waals surface area contributed by atoms with Crippen LogP contribution in [0.15, 0.2) is 41.9 Å². The highest BCUT2D eigenvalue weighted by Crippen LogP contribution is 2.14. The van der Waals surface area contributed by atoms with E-state index in [4.69, 9.17) is 9.47 Å². The van der Waals surface area contributed by atoms with Gasteiger partial charge in [-0.25, -0.2) is 4.99 Å². The zero-order valence-corrected chi connectivity index (χ0v) is 17.9. The first-order valence-corrected chi connectivity index (χ1v) is 10.4. The molecule has 1 aromatic carbocycles. The summed E-state index contributed by atoms with van der Waals surface area (Å²) in [5.41, 5.74) is 2.31. The Kier molecular flexibility index (Phi) is 8.41. The van der Waals surface area contributed by atoms with Crippen LogP contribution in [0.25, 0.3) is 0 Å². The number of aryl methyl sites for hydroxylation is 1. The quantitative estimate of drug-likeness (QED) is 0.373. The van der Waals surface area contributed by atoms with Crippen LogP contribution in [-0.2, 0) is 36.2 Å².